The Morgan fingerprint density at radius 3 is 2.48 bits per heavy atom. The summed E-state index contributed by atoms with van der Waals surface area (Å²) in [4.78, 5) is 31.1. The number of hydrogen-bond acceptors (Lipinski definition) is 5. The van der Waals surface area contributed by atoms with Crippen LogP contribution in [0.4, 0.5) is 21.9 Å². The molecule has 1 aliphatic rings. The van der Waals surface area contributed by atoms with Crippen molar-refractivity contribution >= 4 is 40.8 Å². The van der Waals surface area contributed by atoms with Crippen LogP contribution in [0.5, 0.6) is 5.75 Å². The third-order valence-corrected chi connectivity index (χ3v) is 5.76. The van der Waals surface area contributed by atoms with Crippen LogP contribution in [-0.4, -0.2) is 36.3 Å². The fraction of sp³-hybridized carbons (Fsp3) is 0.174. The lowest BCUT2D eigenvalue weighted by Crippen LogP contribution is -2.38. The smallest absolute Gasteiger partial charge is 0.326 e. The zero-order valence-electron chi connectivity index (χ0n) is 17.0. The minimum atomic E-state index is -0.195. The fourth-order valence-electron chi connectivity index (χ4n) is 3.23. The highest BCUT2D eigenvalue weighted by Crippen LogP contribution is 2.32. The van der Waals surface area contributed by atoms with Crippen molar-refractivity contribution in [3.8, 4) is 5.75 Å². The van der Waals surface area contributed by atoms with Gasteiger partial charge in [-0.2, -0.15) is 0 Å². The molecule has 0 unspecified atom stereocenters. The van der Waals surface area contributed by atoms with Crippen molar-refractivity contribution < 1.29 is 14.3 Å². The van der Waals surface area contributed by atoms with Gasteiger partial charge >= 0.3 is 6.03 Å². The second-order valence-electron chi connectivity index (χ2n) is 6.91. The van der Waals surface area contributed by atoms with Gasteiger partial charge in [-0.15, -0.1) is 11.8 Å². The average molecular weight is 435 g/mol. The van der Waals surface area contributed by atoms with E-state index in [1.54, 1.807) is 66.4 Å². The molecule has 0 saturated carbocycles. The highest BCUT2D eigenvalue weighted by Gasteiger charge is 2.23. The summed E-state index contributed by atoms with van der Waals surface area (Å²) in [6.45, 7) is 0.624. The quantitative estimate of drug-likeness (QED) is 0.621. The number of ether oxygens (including phenoxy) is 1. The van der Waals surface area contributed by atoms with Gasteiger partial charge in [0.05, 0.1) is 19.2 Å². The van der Waals surface area contributed by atoms with Crippen molar-refractivity contribution in [2.75, 3.05) is 34.9 Å². The summed E-state index contributed by atoms with van der Waals surface area (Å²) < 4.78 is 5.11. The number of methoxy groups -OCH3 is 1. The molecular weight excluding hydrogens is 412 g/mol. The number of hydrogen-bond donors (Lipinski definition) is 2. The number of amides is 3. The number of nitrogens with zero attached hydrogens (tertiary/aromatic N) is 2. The van der Waals surface area contributed by atoms with Gasteiger partial charge in [0.25, 0.3) is 0 Å². The summed E-state index contributed by atoms with van der Waals surface area (Å²) >= 11 is 1.65. The number of anilines is 3. The van der Waals surface area contributed by atoms with Gasteiger partial charge in [0.1, 0.15) is 10.8 Å². The van der Waals surface area contributed by atoms with E-state index in [9.17, 15) is 9.59 Å². The van der Waals surface area contributed by atoms with E-state index < -0.39 is 0 Å². The molecule has 0 aliphatic carbocycles. The van der Waals surface area contributed by atoms with Crippen molar-refractivity contribution in [1.29, 1.82) is 0 Å². The van der Waals surface area contributed by atoms with E-state index in [0.717, 1.165) is 27.8 Å². The molecule has 4 rings (SSSR count). The topological polar surface area (TPSA) is 83.6 Å². The van der Waals surface area contributed by atoms with Crippen LogP contribution in [0, 0.1) is 0 Å². The number of pyridine rings is 1. The molecule has 2 aromatic carbocycles. The van der Waals surface area contributed by atoms with Gasteiger partial charge in [0.15, 0.2) is 0 Å². The Morgan fingerprint density at radius 2 is 1.74 bits per heavy atom. The molecule has 0 fully saturated rings. The van der Waals surface area contributed by atoms with Crippen LogP contribution >= 0.6 is 11.8 Å². The first-order valence-electron chi connectivity index (χ1n) is 9.81. The summed E-state index contributed by atoms with van der Waals surface area (Å²) in [5.74, 6) is 1.43. The van der Waals surface area contributed by atoms with Gasteiger partial charge in [-0.25, -0.2) is 9.78 Å². The third-order valence-electron chi connectivity index (χ3n) is 4.78. The molecular formula is C23H22N4O3S. The van der Waals surface area contributed by atoms with Crippen molar-refractivity contribution in [1.82, 2.24) is 4.98 Å². The Kier molecular flexibility index (Phi) is 6.37. The first-order chi connectivity index (χ1) is 15.1. The predicted molar refractivity (Wildman–Crippen MR) is 123 cm³/mol. The predicted octanol–water partition coefficient (Wildman–Crippen LogP) is 4.42. The van der Waals surface area contributed by atoms with E-state index in [0.29, 0.717) is 17.9 Å². The van der Waals surface area contributed by atoms with Gasteiger partial charge in [-0.3, -0.25) is 9.69 Å². The van der Waals surface area contributed by atoms with E-state index in [2.05, 4.69) is 15.6 Å². The van der Waals surface area contributed by atoms with Crippen molar-refractivity contribution in [2.24, 2.45) is 0 Å². The summed E-state index contributed by atoms with van der Waals surface area (Å²) in [7, 11) is 1.60. The molecule has 0 atom stereocenters. The number of fused-ring (bicyclic) bond motifs is 1. The van der Waals surface area contributed by atoms with Gasteiger partial charge in [0, 0.05) is 29.9 Å². The molecule has 1 aromatic heterocycles. The number of rotatable bonds is 5. The second kappa shape index (κ2) is 9.53. The van der Waals surface area contributed by atoms with Crippen LogP contribution in [0.15, 0.2) is 71.9 Å². The van der Waals surface area contributed by atoms with Gasteiger partial charge < -0.3 is 15.4 Å². The van der Waals surface area contributed by atoms with Gasteiger partial charge in [0.2, 0.25) is 5.91 Å². The first-order valence-corrected chi connectivity index (χ1v) is 10.8. The normalized spacial score (nSPS) is 12.6. The van der Waals surface area contributed by atoms with Crippen molar-refractivity contribution in [2.45, 2.75) is 11.4 Å². The molecule has 0 saturated heterocycles. The second-order valence-corrected chi connectivity index (χ2v) is 7.99. The van der Waals surface area contributed by atoms with Crippen LogP contribution in [0.2, 0.25) is 0 Å². The molecule has 7 nitrogen and oxygen atoms in total. The van der Waals surface area contributed by atoms with E-state index in [1.165, 1.54) is 0 Å². The number of urea groups is 1. The minimum absolute atomic E-state index is 0.114. The van der Waals surface area contributed by atoms with Gasteiger partial charge in [-0.1, -0.05) is 12.1 Å². The molecule has 0 spiro atoms. The Morgan fingerprint density at radius 1 is 1.03 bits per heavy atom. The molecule has 158 valence electrons. The zero-order valence-corrected chi connectivity index (χ0v) is 17.8. The number of carbonyl (C=O) groups excluding carboxylic acids is 2. The standard InChI is InChI=1S/C23H22N4O3S/c1-30-19-10-8-17(9-11-19)25-21(28)15-16-4-6-18(7-5-16)26-23(29)27-13-14-31-22-20(27)3-2-12-24-22/h2-12H,13-15H2,1H3,(H,25,28)(H,26,29). The molecule has 3 amide bonds. The summed E-state index contributed by atoms with van der Waals surface area (Å²) in [5, 5.41) is 6.65. The van der Waals surface area contributed by atoms with E-state index >= 15 is 0 Å². The fourth-order valence-corrected chi connectivity index (χ4v) is 4.15. The maximum atomic E-state index is 12.7. The van der Waals surface area contributed by atoms with E-state index in [-0.39, 0.29) is 18.4 Å². The first kappa shape index (κ1) is 20.7. The highest BCUT2D eigenvalue weighted by molar-refractivity contribution is 7.99. The van der Waals surface area contributed by atoms with E-state index in [1.807, 2.05) is 24.3 Å². The molecule has 3 aromatic rings. The highest BCUT2D eigenvalue weighted by atomic mass is 32.2. The number of thioether (sulfide) groups is 1. The minimum Gasteiger partial charge on any atom is -0.497 e. The number of benzene rings is 2. The Labute approximate surface area is 184 Å². The molecule has 0 bridgehead atoms. The van der Waals surface area contributed by atoms with Crippen LogP contribution in [0.3, 0.4) is 0 Å². The molecule has 2 heterocycles. The van der Waals surface area contributed by atoms with Crippen LogP contribution < -0.4 is 20.3 Å². The van der Waals surface area contributed by atoms with Crippen LogP contribution in [0.25, 0.3) is 0 Å². The lowest BCUT2D eigenvalue weighted by Gasteiger charge is -2.28. The SMILES string of the molecule is COc1ccc(NC(=O)Cc2ccc(NC(=O)N3CCSc4ncccc43)cc2)cc1. The Bertz CT molecular complexity index is 1070. The molecule has 1 aliphatic heterocycles. The summed E-state index contributed by atoms with van der Waals surface area (Å²) in [5.41, 5.74) is 3.06. The van der Waals surface area contributed by atoms with Crippen molar-refractivity contribution in [3.05, 3.63) is 72.4 Å². The van der Waals surface area contributed by atoms with Gasteiger partial charge in [-0.05, 0) is 54.1 Å². The molecule has 8 heteroatoms. The lowest BCUT2D eigenvalue weighted by molar-refractivity contribution is -0.115. The maximum Gasteiger partial charge on any atom is 0.326 e. The number of nitrogens with one attached hydrogen (secondary N) is 2. The molecule has 2 N–H and O–H groups in total. The Balaban J connectivity index is 1.34. The Hall–Kier alpha value is -3.52. The lowest BCUT2D eigenvalue weighted by atomic mass is 10.1. The summed E-state index contributed by atoms with van der Waals surface area (Å²) in [6, 6.07) is 18.0. The zero-order chi connectivity index (χ0) is 21.6. The molecule has 0 radical (unpaired) electrons. The number of aromatic nitrogens is 1. The molecule has 31 heavy (non-hydrogen) atoms. The number of carbonyl (C=O) groups is 2. The third kappa shape index (κ3) is 5.16. The van der Waals surface area contributed by atoms with E-state index in [4.69, 9.17) is 4.74 Å². The summed E-state index contributed by atoms with van der Waals surface area (Å²) in [6.07, 6.45) is 1.97. The maximum absolute atomic E-state index is 12.7. The average Bonchev–Trinajstić information content (AvgIpc) is 2.80. The monoisotopic (exact) mass is 434 g/mol. The van der Waals surface area contributed by atoms with Crippen molar-refractivity contribution in [3.63, 3.8) is 0 Å². The van der Waals surface area contributed by atoms with Crippen LogP contribution in [0.1, 0.15) is 5.56 Å². The van der Waals surface area contributed by atoms with Crippen LogP contribution in [-0.2, 0) is 11.2 Å². The largest absolute Gasteiger partial charge is 0.497 e.